The summed E-state index contributed by atoms with van der Waals surface area (Å²) in [5, 5.41) is 0. The molecule has 0 saturated heterocycles. The molecule has 2 nitrogen and oxygen atoms in total. The van der Waals surface area contributed by atoms with Crippen molar-refractivity contribution in [3.8, 4) is 0 Å². The molecule has 0 fully saturated rings. The molecule has 0 unspecified atom stereocenters. The largest absolute Gasteiger partial charge is 0.299 e. The first-order chi connectivity index (χ1) is 3.85. The summed E-state index contributed by atoms with van der Waals surface area (Å²) in [5.74, 6) is -1.18. The van der Waals surface area contributed by atoms with Crippen molar-refractivity contribution in [2.75, 3.05) is 0 Å². The number of nitrogens with one attached hydrogen (secondary N) is 1. The Morgan fingerprint density at radius 3 is 3.20 bits per heavy atom. The molecule has 3 heteroatoms. The number of carbonyl (C=O) groups excluding carboxylic acids is 1. The fourth-order valence-corrected chi connectivity index (χ4v) is 0. The van der Waals surface area contributed by atoms with Gasteiger partial charge in [0, 0.05) is 11.0 Å². The third-order valence-electron chi connectivity index (χ3n) is 0.0768. The zero-order chi connectivity index (χ0) is 7.65. The topological polar surface area (TPSA) is 29.1 Å². The Bertz CT molecular complexity index is 120. The minimum Gasteiger partial charge on any atom is -0.299 e. The van der Waals surface area contributed by atoms with Crippen LogP contribution in [0.1, 0.15) is 11.0 Å². The highest BCUT2D eigenvalue weighted by Gasteiger charge is 1.74. The van der Waals surface area contributed by atoms with E-state index in [0.29, 0.717) is 0 Å². The van der Waals surface area contributed by atoms with Crippen LogP contribution in [0.25, 0.3) is 0 Å². The second-order valence-corrected chi connectivity index (χ2v) is 0.872. The predicted octanol–water partition coefficient (Wildman–Crippen LogP) is 0.473. The third kappa shape index (κ3) is 4.20. The average molecular weight is 189 g/mol. The second-order valence-electron chi connectivity index (χ2n) is 0.390. The second kappa shape index (κ2) is 2.44. The Kier molecular flexibility index (Phi) is 0.665. The molecular weight excluding hydrogens is 181 g/mol. The monoisotopic (exact) mass is 189 g/mol. The molecule has 0 aromatic rings. The van der Waals surface area contributed by atoms with Crippen LogP contribution in [-0.4, -0.2) is 5.91 Å². The van der Waals surface area contributed by atoms with Gasteiger partial charge in [-0.3, -0.25) is 8.32 Å². The molecule has 0 aliphatic heterocycles. The maximum Gasteiger partial charge on any atom is 0.225 e. The first-order valence-corrected chi connectivity index (χ1v) is 1.81. The van der Waals surface area contributed by atoms with Crippen molar-refractivity contribution in [3.05, 3.63) is 0 Å². The smallest absolute Gasteiger partial charge is 0.225 e. The van der Waals surface area contributed by atoms with E-state index in [4.69, 9.17) is 5.52 Å². The first-order valence-electron chi connectivity index (χ1n) is 2.79. The molecule has 0 heterocycles. The lowest BCUT2D eigenvalue weighted by Gasteiger charge is -1.76. The van der Waals surface area contributed by atoms with Gasteiger partial charge in [-0.1, -0.05) is 0 Å². The number of amides is 1. The van der Waals surface area contributed by atoms with Gasteiger partial charge in [-0.25, -0.2) is 0 Å². The van der Waals surface area contributed by atoms with E-state index in [9.17, 15) is 4.79 Å². The zero-order valence-corrected chi connectivity index (χ0v) is 4.39. The molecule has 0 aliphatic carbocycles. The lowest BCUT2D eigenvalue weighted by atomic mass is 10.8. The van der Waals surface area contributed by atoms with Gasteiger partial charge < -0.3 is 0 Å². The van der Waals surface area contributed by atoms with Crippen molar-refractivity contribution in [3.63, 3.8) is 0 Å². The van der Waals surface area contributed by atoms with Gasteiger partial charge >= 0.3 is 0 Å². The molecule has 0 aromatic carbocycles. The van der Waals surface area contributed by atoms with Crippen LogP contribution >= 0.6 is 22.9 Å². The van der Waals surface area contributed by atoms with Gasteiger partial charge in [-0.05, 0) is 0 Å². The van der Waals surface area contributed by atoms with Crippen LogP contribution in [-0.2, 0) is 4.79 Å². The van der Waals surface area contributed by atoms with Crippen LogP contribution < -0.4 is 3.52 Å². The van der Waals surface area contributed by atoms with E-state index in [2.05, 4.69) is 0 Å². The van der Waals surface area contributed by atoms with Crippen molar-refractivity contribution >= 4 is 28.8 Å². The summed E-state index contributed by atoms with van der Waals surface area (Å²) < 4.78 is 26.3. The molecule has 0 saturated carbocycles. The van der Waals surface area contributed by atoms with E-state index in [-0.39, 0.29) is 3.52 Å². The van der Waals surface area contributed by atoms with Crippen molar-refractivity contribution in [1.82, 2.24) is 3.52 Å². The Morgan fingerprint density at radius 1 is 2.60 bits per heavy atom. The maximum absolute atomic E-state index is 10.3. The van der Waals surface area contributed by atoms with Crippen LogP contribution in [0.4, 0.5) is 0 Å². The van der Waals surface area contributed by atoms with Crippen LogP contribution in [0.3, 0.4) is 0 Å². The van der Waals surface area contributed by atoms with Gasteiger partial charge in [-0.2, -0.15) is 0 Å². The molecule has 1 N–H and O–H groups in total. The highest BCUT2D eigenvalue weighted by Crippen LogP contribution is 1.64. The summed E-state index contributed by atoms with van der Waals surface area (Å²) in [6, 6.07) is 0. The van der Waals surface area contributed by atoms with E-state index in [1.807, 2.05) is 0 Å². The fourth-order valence-electron chi connectivity index (χ4n) is 0. The molecule has 0 aromatic heterocycles. The van der Waals surface area contributed by atoms with Gasteiger partial charge in [0.05, 0.1) is 22.9 Å². The van der Waals surface area contributed by atoms with Gasteiger partial charge in [0.2, 0.25) is 5.91 Å². The fraction of sp³-hybridized carbons (Fsp3) is 0.500. The van der Waals surface area contributed by atoms with Gasteiger partial charge in [0.15, 0.2) is 1.41 Å². The lowest BCUT2D eigenvalue weighted by molar-refractivity contribution is -0.116. The molecule has 0 bridgehead atoms. The number of rotatable bonds is 0. The summed E-state index contributed by atoms with van der Waals surface area (Å²) >= 11 is 1.28. The summed E-state index contributed by atoms with van der Waals surface area (Å²) in [4.78, 5) is 10.3. The predicted molar refractivity (Wildman–Crippen MR) is 27.8 cm³/mol. The summed E-state index contributed by atoms with van der Waals surface area (Å²) in [6.45, 7) is -2.68. The SMILES string of the molecule is [2H]N(I)C(=O)C([2H])([2H])[2H]. The van der Waals surface area contributed by atoms with E-state index in [1.165, 1.54) is 22.9 Å². The van der Waals surface area contributed by atoms with Gasteiger partial charge in [0.25, 0.3) is 0 Å². The summed E-state index contributed by atoms with van der Waals surface area (Å²) in [7, 11) is 0. The molecule has 0 spiro atoms. The molecule has 0 radical (unpaired) electrons. The summed E-state index contributed by atoms with van der Waals surface area (Å²) in [5.41, 5.74) is 0. The lowest BCUT2D eigenvalue weighted by Crippen LogP contribution is -2.03. The van der Waals surface area contributed by atoms with Crippen LogP contribution in [0, 0.1) is 0 Å². The normalized spacial score (nSPS) is 21.0. The Labute approximate surface area is 50.1 Å². The van der Waals surface area contributed by atoms with Crippen LogP contribution in [0.2, 0.25) is 1.41 Å². The third-order valence-corrected chi connectivity index (χ3v) is 0.515. The number of hydrogen-bond acceptors (Lipinski definition) is 1. The quantitative estimate of drug-likeness (QED) is 0.435. The highest BCUT2D eigenvalue weighted by molar-refractivity contribution is 14.1. The maximum atomic E-state index is 10.3. The molecule has 5 heavy (non-hydrogen) atoms. The Balaban J connectivity index is 4.06. The average Bonchev–Trinajstić information content (AvgIpc) is 1.62. The minimum absolute atomic E-state index is 0.269. The van der Waals surface area contributed by atoms with Crippen molar-refractivity contribution in [2.24, 2.45) is 0 Å². The van der Waals surface area contributed by atoms with Crippen molar-refractivity contribution < 1.29 is 10.3 Å². The standard InChI is InChI=1S/C2H4INO/c1-2(5)4-3/h1H3,(H,4,5)/i1D3/hD. The molecule has 1 amide bonds. The van der Waals surface area contributed by atoms with E-state index in [0.717, 1.165) is 0 Å². The molecule has 0 aliphatic rings. The number of hydrogen-bond donors (Lipinski definition) is 1. The highest BCUT2D eigenvalue weighted by atomic mass is 127. The van der Waals surface area contributed by atoms with Crippen LogP contribution in [0.15, 0.2) is 0 Å². The van der Waals surface area contributed by atoms with E-state index in [1.54, 1.807) is 0 Å². The van der Waals surface area contributed by atoms with E-state index < -0.39 is 12.8 Å². The number of halogens is 1. The minimum atomic E-state index is -2.68. The molecule has 30 valence electrons. The molecule has 0 rings (SSSR count). The summed E-state index contributed by atoms with van der Waals surface area (Å²) in [6.07, 6.45) is 0. The van der Waals surface area contributed by atoms with Crippen LogP contribution in [0.5, 0.6) is 0 Å². The first kappa shape index (κ1) is 1.36. The molecular formula is C2H4INO. The Morgan fingerprint density at radius 2 is 3.20 bits per heavy atom. The molecule has 0 atom stereocenters. The van der Waals surface area contributed by atoms with Crippen molar-refractivity contribution in [2.45, 2.75) is 6.85 Å². The number of carbonyl (C=O) groups is 1. The van der Waals surface area contributed by atoms with Crippen molar-refractivity contribution in [1.29, 1.82) is 0 Å². The Hall–Kier alpha value is 0.200. The van der Waals surface area contributed by atoms with E-state index >= 15 is 0 Å². The van der Waals surface area contributed by atoms with Gasteiger partial charge in [-0.15, -0.1) is 0 Å². The van der Waals surface area contributed by atoms with Gasteiger partial charge in [0.1, 0.15) is 0 Å². The zero-order valence-electron chi connectivity index (χ0n) is 6.23.